The number of piperazine rings is 1. The summed E-state index contributed by atoms with van der Waals surface area (Å²) in [6, 6.07) is 13.3. The molecule has 1 saturated heterocycles. The zero-order chi connectivity index (χ0) is 21.2. The quantitative estimate of drug-likeness (QED) is 0.479. The van der Waals surface area contributed by atoms with Gasteiger partial charge in [-0.3, -0.25) is 4.90 Å². The molecule has 1 fully saturated rings. The smallest absolute Gasteiger partial charge is 0.310 e. The van der Waals surface area contributed by atoms with Crippen LogP contribution in [0, 0.1) is 0 Å². The molecule has 1 aliphatic rings. The van der Waals surface area contributed by atoms with Crippen molar-refractivity contribution in [2.45, 2.75) is 4.90 Å². The van der Waals surface area contributed by atoms with Crippen LogP contribution in [0.2, 0.25) is 0 Å². The normalized spacial score (nSPS) is 16.7. The minimum atomic E-state index is -3.72. The lowest BCUT2D eigenvalue weighted by atomic mass is 10.3. The summed E-state index contributed by atoms with van der Waals surface area (Å²) in [6.45, 7) is 1.69. The van der Waals surface area contributed by atoms with Crippen LogP contribution in [0.5, 0.6) is 5.75 Å². The van der Waals surface area contributed by atoms with Crippen molar-refractivity contribution in [1.82, 2.24) is 18.0 Å². The van der Waals surface area contributed by atoms with Gasteiger partial charge >= 0.3 is 10.1 Å². The van der Waals surface area contributed by atoms with Gasteiger partial charge in [0.25, 0.3) is 0 Å². The number of para-hydroxylation sites is 1. The third-order valence-electron chi connectivity index (χ3n) is 4.82. The number of sulfonamides is 1. The summed E-state index contributed by atoms with van der Waals surface area (Å²) in [7, 11) is -7.42. The molecule has 30 heavy (non-hydrogen) atoms. The summed E-state index contributed by atoms with van der Waals surface area (Å²) in [5, 5.41) is 0. The van der Waals surface area contributed by atoms with E-state index in [2.05, 4.69) is 8.75 Å². The Hall–Kier alpha value is -2.12. The lowest BCUT2D eigenvalue weighted by Crippen LogP contribution is -2.49. The lowest BCUT2D eigenvalue weighted by Gasteiger charge is -2.33. The molecule has 0 saturated carbocycles. The molecular weight excluding hydrogens is 448 g/mol. The number of aromatic nitrogens is 2. The summed E-state index contributed by atoms with van der Waals surface area (Å²) in [4.78, 5) is 2.07. The van der Waals surface area contributed by atoms with Gasteiger partial charge in [0.2, 0.25) is 10.0 Å². The number of hydrogen-bond donors (Lipinski definition) is 0. The van der Waals surface area contributed by atoms with E-state index in [1.165, 1.54) is 4.31 Å². The number of nitrogens with zero attached hydrogens (tertiary/aromatic N) is 4. The Kier molecular flexibility index (Phi) is 6.02. The third-order valence-corrected chi connectivity index (χ3v) is 8.42. The summed E-state index contributed by atoms with van der Waals surface area (Å²) in [5.41, 5.74) is 0.942. The van der Waals surface area contributed by atoms with Crippen LogP contribution in [0.15, 0.2) is 53.4 Å². The molecule has 160 valence electrons. The molecule has 0 radical (unpaired) electrons. The molecule has 0 aliphatic carbocycles. The summed E-state index contributed by atoms with van der Waals surface area (Å²) in [6.07, 6.45) is 0. The molecule has 0 amide bonds. The Labute approximate surface area is 179 Å². The van der Waals surface area contributed by atoms with E-state index in [0.29, 0.717) is 24.1 Å². The maximum Gasteiger partial charge on any atom is 0.310 e. The Morgan fingerprint density at radius 3 is 2.37 bits per heavy atom. The summed E-state index contributed by atoms with van der Waals surface area (Å²) in [5.74, 6) is 0.109. The van der Waals surface area contributed by atoms with Crippen molar-refractivity contribution >= 4 is 42.9 Å². The Morgan fingerprint density at radius 2 is 1.63 bits per heavy atom. The second kappa shape index (κ2) is 8.55. The maximum atomic E-state index is 13.1. The fourth-order valence-electron chi connectivity index (χ4n) is 3.23. The van der Waals surface area contributed by atoms with Gasteiger partial charge in [-0.15, -0.1) is 0 Å². The van der Waals surface area contributed by atoms with E-state index in [4.69, 9.17) is 4.18 Å². The van der Waals surface area contributed by atoms with Crippen molar-refractivity contribution in [2.75, 3.05) is 38.5 Å². The van der Waals surface area contributed by atoms with Crippen LogP contribution in [0.25, 0.3) is 11.0 Å². The van der Waals surface area contributed by atoms with E-state index in [1.807, 2.05) is 4.90 Å². The number of benzene rings is 2. The van der Waals surface area contributed by atoms with Gasteiger partial charge in [0.15, 0.2) is 0 Å². The number of rotatable bonds is 7. The Morgan fingerprint density at radius 1 is 0.900 bits per heavy atom. The molecule has 4 rings (SSSR count). The molecule has 9 nitrogen and oxygen atoms in total. The van der Waals surface area contributed by atoms with Gasteiger partial charge in [0.1, 0.15) is 21.7 Å². The molecule has 12 heteroatoms. The van der Waals surface area contributed by atoms with Crippen LogP contribution in [0.4, 0.5) is 0 Å². The first-order valence-corrected chi connectivity index (χ1v) is 13.0. The maximum absolute atomic E-state index is 13.1. The van der Waals surface area contributed by atoms with E-state index in [9.17, 15) is 16.8 Å². The van der Waals surface area contributed by atoms with Crippen LogP contribution in [0.3, 0.4) is 0 Å². The van der Waals surface area contributed by atoms with Crippen LogP contribution >= 0.6 is 11.7 Å². The highest BCUT2D eigenvalue weighted by molar-refractivity contribution is 7.89. The molecule has 0 atom stereocenters. The molecule has 3 aromatic rings. The molecule has 0 N–H and O–H groups in total. The first kappa shape index (κ1) is 21.1. The van der Waals surface area contributed by atoms with Gasteiger partial charge in [-0.2, -0.15) is 21.5 Å². The van der Waals surface area contributed by atoms with Crippen molar-refractivity contribution in [3.8, 4) is 5.75 Å². The highest BCUT2D eigenvalue weighted by atomic mass is 32.2. The number of fused-ring (bicyclic) bond motifs is 1. The van der Waals surface area contributed by atoms with Gasteiger partial charge in [-0.05, 0) is 24.3 Å². The largest absolute Gasteiger partial charge is 0.382 e. The molecule has 1 aliphatic heterocycles. The highest BCUT2D eigenvalue weighted by Crippen LogP contribution is 2.25. The van der Waals surface area contributed by atoms with Crippen LogP contribution in [-0.2, 0) is 20.1 Å². The van der Waals surface area contributed by atoms with E-state index in [1.54, 1.807) is 48.5 Å². The minimum Gasteiger partial charge on any atom is -0.382 e. The van der Waals surface area contributed by atoms with Crippen LogP contribution in [-0.4, -0.2) is 73.3 Å². The van der Waals surface area contributed by atoms with Crippen molar-refractivity contribution in [1.29, 1.82) is 0 Å². The molecule has 0 unspecified atom stereocenters. The van der Waals surface area contributed by atoms with Gasteiger partial charge in [0.05, 0.1) is 17.5 Å². The monoisotopic (exact) mass is 468 g/mol. The first-order valence-electron chi connectivity index (χ1n) is 9.26. The lowest BCUT2D eigenvalue weighted by molar-refractivity contribution is 0.196. The van der Waals surface area contributed by atoms with E-state index in [0.717, 1.165) is 11.7 Å². The van der Waals surface area contributed by atoms with Gasteiger partial charge in [-0.25, -0.2) is 8.42 Å². The van der Waals surface area contributed by atoms with E-state index < -0.39 is 20.1 Å². The molecule has 1 aromatic heterocycles. The molecule has 2 heterocycles. The standard InChI is InChI=1S/C18H20N4O5S3/c23-29(24,27-15-5-2-1-3-6-15)14-13-21-9-11-22(12-10-21)30(25,26)17-8-4-7-16-18(17)20-28-19-16/h1-8H,9-14H2. The third kappa shape index (κ3) is 4.62. The fourth-order valence-corrected chi connectivity index (χ4v) is 6.37. The van der Waals surface area contributed by atoms with Crippen molar-refractivity contribution in [3.05, 3.63) is 48.5 Å². The SMILES string of the molecule is O=S(=O)(CCN1CCN(S(=O)(=O)c2cccc3nsnc23)CC1)Oc1ccccc1. The van der Waals surface area contributed by atoms with Crippen molar-refractivity contribution in [3.63, 3.8) is 0 Å². The highest BCUT2D eigenvalue weighted by Gasteiger charge is 2.31. The molecular formula is C18H20N4O5S3. The van der Waals surface area contributed by atoms with Crippen molar-refractivity contribution < 1.29 is 21.0 Å². The predicted molar refractivity (Wildman–Crippen MR) is 113 cm³/mol. The topological polar surface area (TPSA) is 110 Å². The molecule has 0 bridgehead atoms. The van der Waals surface area contributed by atoms with Gasteiger partial charge in [-0.1, -0.05) is 24.3 Å². The average molecular weight is 469 g/mol. The van der Waals surface area contributed by atoms with E-state index >= 15 is 0 Å². The van der Waals surface area contributed by atoms with E-state index in [-0.39, 0.29) is 36.0 Å². The van der Waals surface area contributed by atoms with Crippen molar-refractivity contribution in [2.24, 2.45) is 0 Å². The second-order valence-corrected chi connectivity index (χ2v) is 10.9. The Bertz CT molecular complexity index is 1220. The average Bonchev–Trinajstić information content (AvgIpc) is 3.22. The number of hydrogen-bond acceptors (Lipinski definition) is 9. The summed E-state index contributed by atoms with van der Waals surface area (Å²) >= 11 is 0.980. The molecule has 0 spiro atoms. The Balaban J connectivity index is 1.35. The molecule has 2 aromatic carbocycles. The first-order chi connectivity index (χ1) is 14.4. The van der Waals surface area contributed by atoms with Crippen LogP contribution < -0.4 is 4.18 Å². The zero-order valence-electron chi connectivity index (χ0n) is 15.9. The minimum absolute atomic E-state index is 0.154. The predicted octanol–water partition coefficient (Wildman–Crippen LogP) is 1.41. The second-order valence-electron chi connectivity index (χ2n) is 6.79. The fraction of sp³-hybridized carbons (Fsp3) is 0.333. The van der Waals surface area contributed by atoms with Crippen LogP contribution in [0.1, 0.15) is 0 Å². The summed E-state index contributed by atoms with van der Waals surface area (Å²) < 4.78 is 65.2. The van der Waals surface area contributed by atoms with Gasteiger partial charge < -0.3 is 4.18 Å². The zero-order valence-corrected chi connectivity index (χ0v) is 18.4. The van der Waals surface area contributed by atoms with Gasteiger partial charge in [0, 0.05) is 32.7 Å².